The quantitative estimate of drug-likeness (QED) is 0.164. The molecule has 0 unspecified atom stereocenters. The van der Waals surface area contributed by atoms with Crippen LogP contribution in [0.5, 0.6) is 0 Å². The second-order valence-corrected chi connectivity index (χ2v) is 16.8. The van der Waals surface area contributed by atoms with Crippen molar-refractivity contribution in [3.8, 4) is 44.5 Å². The van der Waals surface area contributed by atoms with Gasteiger partial charge in [0.15, 0.2) is 0 Å². The van der Waals surface area contributed by atoms with Crippen LogP contribution in [-0.2, 0) is 10.8 Å². The van der Waals surface area contributed by atoms with Crippen LogP contribution in [0.25, 0.3) is 66.2 Å². The number of anilines is 3. The van der Waals surface area contributed by atoms with Crippen LogP contribution in [0.2, 0.25) is 0 Å². The Labute approximate surface area is 334 Å². The maximum Gasteiger partial charge on any atom is 0.0786 e. The van der Waals surface area contributed by atoms with Crippen molar-refractivity contribution in [1.29, 1.82) is 0 Å². The second kappa shape index (κ2) is 12.4. The highest BCUT2D eigenvalue weighted by Gasteiger charge is 2.38. The lowest BCUT2D eigenvalue weighted by atomic mass is 9.81. The maximum atomic E-state index is 4.86. The number of benzene rings is 8. The summed E-state index contributed by atoms with van der Waals surface area (Å²) in [5.41, 5.74) is 19.8. The Morgan fingerprint density at radius 3 is 1.63 bits per heavy atom. The molecular weight excluding hydrogens is 689 g/mol. The van der Waals surface area contributed by atoms with Crippen molar-refractivity contribution in [3.63, 3.8) is 0 Å². The van der Waals surface area contributed by atoms with Gasteiger partial charge in [0.2, 0.25) is 0 Å². The zero-order chi connectivity index (χ0) is 38.5. The predicted octanol–water partition coefficient (Wildman–Crippen LogP) is 14.8. The monoisotopic (exact) mass is 730 g/mol. The standard InChI is InChI=1S/C55H42N2/c1-54(2)48-18-9-8-16-44(48)46-29-26-41(33-50(46)54)57(40-24-21-36(22-25-40)35-12-6-5-7-13-35)42-27-30-47-45-28-23-39(32-49(45)55(3,4)51(47)34-42)43-17-10-14-37-19-20-38-15-11-31-56-53(38)52(37)43/h5-34H,1-4H3. The van der Waals surface area contributed by atoms with E-state index in [-0.39, 0.29) is 10.8 Å². The highest BCUT2D eigenvalue weighted by Crippen LogP contribution is 2.54. The van der Waals surface area contributed by atoms with E-state index < -0.39 is 0 Å². The van der Waals surface area contributed by atoms with Gasteiger partial charge in [-0.15, -0.1) is 0 Å². The van der Waals surface area contributed by atoms with E-state index in [2.05, 4.69) is 202 Å². The average Bonchev–Trinajstić information content (AvgIpc) is 3.62. The number of pyridine rings is 1. The van der Waals surface area contributed by atoms with E-state index >= 15 is 0 Å². The number of nitrogens with zero attached hydrogens (tertiary/aromatic N) is 2. The molecule has 2 aliphatic rings. The molecule has 0 amide bonds. The highest BCUT2D eigenvalue weighted by molar-refractivity contribution is 6.12. The SMILES string of the molecule is CC1(C)c2ccccc2-c2ccc(N(c3ccc(-c4ccccc4)cc3)c3ccc4c(c3)C(C)(C)c3cc(-c5cccc6ccc7cccnc7c56)ccc3-4)cc21. The minimum Gasteiger partial charge on any atom is -0.310 e. The average molecular weight is 731 g/mol. The molecule has 0 radical (unpaired) electrons. The molecule has 0 atom stereocenters. The van der Waals surface area contributed by atoms with Gasteiger partial charge in [-0.25, -0.2) is 0 Å². The van der Waals surface area contributed by atoms with Crippen LogP contribution >= 0.6 is 0 Å². The van der Waals surface area contributed by atoms with Crippen LogP contribution in [0.1, 0.15) is 49.9 Å². The molecule has 9 aromatic rings. The molecule has 8 aromatic carbocycles. The van der Waals surface area contributed by atoms with Crippen molar-refractivity contribution in [2.45, 2.75) is 38.5 Å². The Morgan fingerprint density at radius 1 is 0.368 bits per heavy atom. The smallest absolute Gasteiger partial charge is 0.0786 e. The molecule has 2 heteroatoms. The van der Waals surface area contributed by atoms with E-state index in [1.807, 2.05) is 12.3 Å². The Kier molecular flexibility index (Phi) is 7.28. The number of fused-ring (bicyclic) bond motifs is 9. The van der Waals surface area contributed by atoms with Gasteiger partial charge >= 0.3 is 0 Å². The van der Waals surface area contributed by atoms with Crippen molar-refractivity contribution in [2.75, 3.05) is 4.90 Å². The summed E-state index contributed by atoms with van der Waals surface area (Å²) in [4.78, 5) is 7.31. The van der Waals surface area contributed by atoms with E-state index in [1.165, 1.54) is 77.5 Å². The van der Waals surface area contributed by atoms with Gasteiger partial charge in [0.05, 0.1) is 5.52 Å². The van der Waals surface area contributed by atoms with Gasteiger partial charge in [0.1, 0.15) is 0 Å². The molecule has 0 spiro atoms. The molecule has 0 bridgehead atoms. The van der Waals surface area contributed by atoms with E-state index in [4.69, 9.17) is 4.98 Å². The van der Waals surface area contributed by atoms with E-state index in [9.17, 15) is 0 Å². The lowest BCUT2D eigenvalue weighted by Gasteiger charge is -2.30. The summed E-state index contributed by atoms with van der Waals surface area (Å²) in [5.74, 6) is 0. The minimum absolute atomic E-state index is 0.101. The molecular formula is C55H42N2. The van der Waals surface area contributed by atoms with E-state index in [0.717, 1.165) is 28.0 Å². The zero-order valence-corrected chi connectivity index (χ0v) is 32.7. The van der Waals surface area contributed by atoms with Gasteiger partial charge in [-0.3, -0.25) is 4.98 Å². The van der Waals surface area contributed by atoms with Gasteiger partial charge in [0.25, 0.3) is 0 Å². The predicted molar refractivity (Wildman–Crippen MR) is 240 cm³/mol. The van der Waals surface area contributed by atoms with Gasteiger partial charge in [-0.05, 0) is 121 Å². The van der Waals surface area contributed by atoms with Crippen LogP contribution < -0.4 is 4.90 Å². The first-order chi connectivity index (χ1) is 27.8. The lowest BCUT2D eigenvalue weighted by Crippen LogP contribution is -2.18. The summed E-state index contributed by atoms with van der Waals surface area (Å²) >= 11 is 0. The first kappa shape index (κ1) is 33.6. The van der Waals surface area contributed by atoms with Gasteiger partial charge in [0, 0.05) is 44.9 Å². The molecule has 0 fully saturated rings. The maximum absolute atomic E-state index is 4.86. The first-order valence-electron chi connectivity index (χ1n) is 20.0. The first-order valence-corrected chi connectivity index (χ1v) is 20.0. The molecule has 1 heterocycles. The lowest BCUT2D eigenvalue weighted by molar-refractivity contribution is 0.660. The summed E-state index contributed by atoms with van der Waals surface area (Å²) in [6.07, 6.45) is 1.90. The Balaban J connectivity index is 1.04. The summed E-state index contributed by atoms with van der Waals surface area (Å²) < 4.78 is 0. The molecule has 0 N–H and O–H groups in total. The van der Waals surface area contributed by atoms with Crippen LogP contribution in [0.15, 0.2) is 182 Å². The van der Waals surface area contributed by atoms with Crippen molar-refractivity contribution in [1.82, 2.24) is 4.98 Å². The third kappa shape index (κ3) is 5.07. The topological polar surface area (TPSA) is 16.1 Å². The zero-order valence-electron chi connectivity index (χ0n) is 32.7. The second-order valence-electron chi connectivity index (χ2n) is 16.8. The molecule has 0 saturated heterocycles. The minimum atomic E-state index is -0.216. The fourth-order valence-corrected chi connectivity index (χ4v) is 9.90. The Bertz CT molecular complexity index is 3060. The van der Waals surface area contributed by atoms with Crippen molar-refractivity contribution in [3.05, 3.63) is 204 Å². The highest BCUT2D eigenvalue weighted by atomic mass is 15.1. The molecule has 2 nitrogen and oxygen atoms in total. The van der Waals surface area contributed by atoms with Crippen LogP contribution in [0.3, 0.4) is 0 Å². The third-order valence-corrected chi connectivity index (χ3v) is 12.9. The van der Waals surface area contributed by atoms with Crippen LogP contribution in [0, 0.1) is 0 Å². The molecule has 2 aliphatic carbocycles. The van der Waals surface area contributed by atoms with Crippen LogP contribution in [-0.4, -0.2) is 4.98 Å². The number of hydrogen-bond donors (Lipinski definition) is 0. The third-order valence-electron chi connectivity index (χ3n) is 12.9. The van der Waals surface area contributed by atoms with Crippen LogP contribution in [0.4, 0.5) is 17.1 Å². The summed E-state index contributed by atoms with van der Waals surface area (Å²) in [6, 6.07) is 65.1. The fourth-order valence-electron chi connectivity index (χ4n) is 9.90. The largest absolute Gasteiger partial charge is 0.310 e. The van der Waals surface area contributed by atoms with E-state index in [1.54, 1.807) is 0 Å². The fraction of sp³-hybridized carbons (Fsp3) is 0.109. The number of rotatable bonds is 5. The summed E-state index contributed by atoms with van der Waals surface area (Å²) in [5, 5.41) is 3.58. The molecule has 0 saturated carbocycles. The number of aromatic nitrogens is 1. The van der Waals surface area contributed by atoms with Gasteiger partial charge < -0.3 is 4.90 Å². The summed E-state index contributed by atoms with van der Waals surface area (Å²) in [6.45, 7) is 9.50. The van der Waals surface area contributed by atoms with E-state index in [0.29, 0.717) is 0 Å². The summed E-state index contributed by atoms with van der Waals surface area (Å²) in [7, 11) is 0. The van der Waals surface area contributed by atoms with Crippen molar-refractivity contribution >= 4 is 38.7 Å². The molecule has 0 aliphatic heterocycles. The Hall–Kier alpha value is -6.77. The van der Waals surface area contributed by atoms with Gasteiger partial charge in [-0.2, -0.15) is 0 Å². The Morgan fingerprint density at radius 2 is 0.895 bits per heavy atom. The van der Waals surface area contributed by atoms with Gasteiger partial charge in [-0.1, -0.05) is 155 Å². The molecule has 11 rings (SSSR count). The van der Waals surface area contributed by atoms with Crippen molar-refractivity contribution in [2.24, 2.45) is 0 Å². The number of hydrogen-bond acceptors (Lipinski definition) is 2. The molecule has 57 heavy (non-hydrogen) atoms. The van der Waals surface area contributed by atoms with Crippen molar-refractivity contribution < 1.29 is 0 Å². The molecule has 1 aromatic heterocycles. The molecule has 272 valence electrons. The normalized spacial score (nSPS) is 14.2.